The number of benzene rings is 1. The summed E-state index contributed by atoms with van der Waals surface area (Å²) in [6, 6.07) is 7.53. The SMILES string of the molecule is Clc1cc2ccoc2cc1-c1cnn2cccnc12. The number of fused-ring (bicyclic) bond motifs is 2. The average molecular weight is 270 g/mol. The van der Waals surface area contributed by atoms with Crippen molar-refractivity contribution in [3.8, 4) is 11.1 Å². The Kier molecular flexibility index (Phi) is 2.13. The van der Waals surface area contributed by atoms with Gasteiger partial charge in [-0.1, -0.05) is 11.6 Å². The van der Waals surface area contributed by atoms with Crippen LogP contribution in [0.4, 0.5) is 0 Å². The zero-order valence-corrected chi connectivity index (χ0v) is 10.5. The average Bonchev–Trinajstić information content (AvgIpc) is 3.03. The summed E-state index contributed by atoms with van der Waals surface area (Å²) in [5.41, 5.74) is 3.34. The summed E-state index contributed by atoms with van der Waals surface area (Å²) in [7, 11) is 0. The van der Waals surface area contributed by atoms with Crippen molar-refractivity contribution in [2.24, 2.45) is 0 Å². The van der Waals surface area contributed by atoms with Crippen LogP contribution in [0.1, 0.15) is 0 Å². The van der Waals surface area contributed by atoms with E-state index < -0.39 is 0 Å². The summed E-state index contributed by atoms with van der Waals surface area (Å²) >= 11 is 6.35. The lowest BCUT2D eigenvalue weighted by atomic mass is 10.1. The third-order valence-corrected chi connectivity index (χ3v) is 3.42. The van der Waals surface area contributed by atoms with E-state index in [0.29, 0.717) is 5.02 Å². The van der Waals surface area contributed by atoms with Crippen molar-refractivity contribution in [2.75, 3.05) is 0 Å². The largest absolute Gasteiger partial charge is 0.464 e. The smallest absolute Gasteiger partial charge is 0.162 e. The lowest BCUT2D eigenvalue weighted by Gasteiger charge is -2.02. The summed E-state index contributed by atoms with van der Waals surface area (Å²) in [5, 5.41) is 5.91. The van der Waals surface area contributed by atoms with Crippen molar-refractivity contribution < 1.29 is 4.42 Å². The minimum atomic E-state index is 0.662. The van der Waals surface area contributed by atoms with Gasteiger partial charge in [0.2, 0.25) is 0 Å². The van der Waals surface area contributed by atoms with Crippen LogP contribution < -0.4 is 0 Å². The molecule has 0 N–H and O–H groups in total. The predicted octanol–water partition coefficient (Wildman–Crippen LogP) is 3.80. The molecule has 0 aliphatic carbocycles. The van der Waals surface area contributed by atoms with Crippen LogP contribution in [-0.2, 0) is 0 Å². The highest BCUT2D eigenvalue weighted by Crippen LogP contribution is 2.34. The number of furan rings is 1. The van der Waals surface area contributed by atoms with Gasteiger partial charge in [0.05, 0.1) is 12.5 Å². The summed E-state index contributed by atoms with van der Waals surface area (Å²) in [6.45, 7) is 0. The molecule has 92 valence electrons. The first-order valence-corrected chi connectivity index (χ1v) is 6.16. The van der Waals surface area contributed by atoms with E-state index in [4.69, 9.17) is 16.0 Å². The zero-order chi connectivity index (χ0) is 12.8. The lowest BCUT2D eigenvalue weighted by molar-refractivity contribution is 0.616. The van der Waals surface area contributed by atoms with Crippen LogP contribution in [-0.4, -0.2) is 14.6 Å². The Hall–Kier alpha value is -2.33. The van der Waals surface area contributed by atoms with Crippen LogP contribution in [0, 0.1) is 0 Å². The van der Waals surface area contributed by atoms with E-state index in [1.165, 1.54) is 0 Å². The predicted molar refractivity (Wildman–Crippen MR) is 73.2 cm³/mol. The molecule has 4 rings (SSSR count). The summed E-state index contributed by atoms with van der Waals surface area (Å²) in [5.74, 6) is 0. The van der Waals surface area contributed by atoms with Gasteiger partial charge in [0.25, 0.3) is 0 Å². The fourth-order valence-electron chi connectivity index (χ4n) is 2.21. The molecule has 4 aromatic rings. The van der Waals surface area contributed by atoms with Crippen LogP contribution in [0.25, 0.3) is 27.7 Å². The standard InChI is InChI=1S/C14H8ClN3O/c15-12-6-9-2-5-19-13(9)7-10(12)11-8-17-18-4-1-3-16-14(11)18/h1-8H. The molecule has 0 radical (unpaired) electrons. The molecule has 0 saturated carbocycles. The molecule has 0 atom stereocenters. The van der Waals surface area contributed by atoms with Crippen molar-refractivity contribution in [3.63, 3.8) is 0 Å². The molecule has 0 bridgehead atoms. The van der Waals surface area contributed by atoms with Gasteiger partial charge in [-0.25, -0.2) is 9.50 Å². The van der Waals surface area contributed by atoms with Crippen LogP contribution in [0.5, 0.6) is 0 Å². The number of aromatic nitrogens is 3. The first kappa shape index (κ1) is 10.6. The second kappa shape index (κ2) is 3.83. The fraction of sp³-hybridized carbons (Fsp3) is 0. The van der Waals surface area contributed by atoms with Crippen molar-refractivity contribution in [1.82, 2.24) is 14.6 Å². The van der Waals surface area contributed by atoms with E-state index in [1.54, 1.807) is 23.2 Å². The van der Waals surface area contributed by atoms with Crippen molar-refractivity contribution >= 4 is 28.2 Å². The second-order valence-electron chi connectivity index (χ2n) is 4.24. The monoisotopic (exact) mass is 269 g/mol. The third-order valence-electron chi connectivity index (χ3n) is 3.11. The topological polar surface area (TPSA) is 43.3 Å². The minimum absolute atomic E-state index is 0.662. The molecule has 0 fully saturated rings. The van der Waals surface area contributed by atoms with Gasteiger partial charge in [-0.2, -0.15) is 5.10 Å². The fourth-order valence-corrected chi connectivity index (χ4v) is 2.48. The van der Waals surface area contributed by atoms with E-state index in [0.717, 1.165) is 27.7 Å². The van der Waals surface area contributed by atoms with Crippen LogP contribution in [0.15, 0.2) is 53.5 Å². The Morgan fingerprint density at radius 3 is 3.11 bits per heavy atom. The molecule has 19 heavy (non-hydrogen) atoms. The Bertz CT molecular complexity index is 894. The molecule has 0 saturated heterocycles. The van der Waals surface area contributed by atoms with Gasteiger partial charge < -0.3 is 4.42 Å². The molecular formula is C14H8ClN3O. The Balaban J connectivity index is 2.05. The molecule has 0 spiro atoms. The Morgan fingerprint density at radius 1 is 1.21 bits per heavy atom. The highest BCUT2D eigenvalue weighted by Gasteiger charge is 2.13. The van der Waals surface area contributed by atoms with E-state index in [2.05, 4.69) is 10.1 Å². The molecule has 3 aromatic heterocycles. The van der Waals surface area contributed by atoms with Gasteiger partial charge in [0, 0.05) is 33.9 Å². The number of rotatable bonds is 1. The molecule has 0 unspecified atom stereocenters. The summed E-state index contributed by atoms with van der Waals surface area (Å²) in [4.78, 5) is 4.34. The Labute approximate surface area is 113 Å². The number of nitrogens with zero attached hydrogens (tertiary/aromatic N) is 3. The van der Waals surface area contributed by atoms with E-state index in [-0.39, 0.29) is 0 Å². The molecule has 4 nitrogen and oxygen atoms in total. The van der Waals surface area contributed by atoms with Crippen molar-refractivity contribution in [1.29, 1.82) is 0 Å². The van der Waals surface area contributed by atoms with E-state index in [1.807, 2.05) is 30.5 Å². The molecule has 3 heterocycles. The highest BCUT2D eigenvalue weighted by atomic mass is 35.5. The van der Waals surface area contributed by atoms with Crippen LogP contribution >= 0.6 is 11.6 Å². The van der Waals surface area contributed by atoms with Gasteiger partial charge in [0.15, 0.2) is 5.65 Å². The first-order chi connectivity index (χ1) is 9.33. The van der Waals surface area contributed by atoms with Gasteiger partial charge >= 0.3 is 0 Å². The number of halogens is 1. The van der Waals surface area contributed by atoms with Gasteiger partial charge in [-0.05, 0) is 24.3 Å². The molecule has 1 aromatic carbocycles. The molecule has 0 amide bonds. The quantitative estimate of drug-likeness (QED) is 0.528. The minimum Gasteiger partial charge on any atom is -0.464 e. The highest BCUT2D eigenvalue weighted by molar-refractivity contribution is 6.34. The maximum atomic E-state index is 6.35. The molecule has 0 aliphatic rings. The maximum Gasteiger partial charge on any atom is 0.162 e. The normalized spacial score (nSPS) is 11.4. The summed E-state index contributed by atoms with van der Waals surface area (Å²) < 4.78 is 7.14. The Morgan fingerprint density at radius 2 is 2.16 bits per heavy atom. The maximum absolute atomic E-state index is 6.35. The third kappa shape index (κ3) is 1.54. The van der Waals surface area contributed by atoms with Gasteiger partial charge in [-0.15, -0.1) is 0 Å². The van der Waals surface area contributed by atoms with E-state index >= 15 is 0 Å². The summed E-state index contributed by atoms with van der Waals surface area (Å²) in [6.07, 6.45) is 7.00. The lowest BCUT2D eigenvalue weighted by Crippen LogP contribution is -1.88. The number of hydrogen-bond donors (Lipinski definition) is 0. The van der Waals surface area contributed by atoms with Crippen molar-refractivity contribution in [2.45, 2.75) is 0 Å². The van der Waals surface area contributed by atoms with E-state index in [9.17, 15) is 0 Å². The molecular weight excluding hydrogens is 262 g/mol. The van der Waals surface area contributed by atoms with Crippen LogP contribution in [0.3, 0.4) is 0 Å². The second-order valence-corrected chi connectivity index (χ2v) is 4.64. The first-order valence-electron chi connectivity index (χ1n) is 5.78. The number of hydrogen-bond acceptors (Lipinski definition) is 3. The van der Waals surface area contributed by atoms with Gasteiger partial charge in [0.1, 0.15) is 5.58 Å². The van der Waals surface area contributed by atoms with Gasteiger partial charge in [-0.3, -0.25) is 0 Å². The van der Waals surface area contributed by atoms with Crippen LogP contribution in [0.2, 0.25) is 5.02 Å². The molecule has 5 heteroatoms. The molecule has 0 aliphatic heterocycles. The van der Waals surface area contributed by atoms with Crippen molar-refractivity contribution in [3.05, 3.63) is 54.1 Å². The zero-order valence-electron chi connectivity index (χ0n) is 9.75.